The molecule has 62 heavy (non-hydrogen) atoms. The average Bonchev–Trinajstić information content (AvgIpc) is 3.84. The first-order valence-electron chi connectivity index (χ1n) is 20.1. The first-order valence-corrected chi connectivity index (χ1v) is 20.1. The number of carboxylic acid groups (broad SMARTS) is 1. The minimum Gasteiger partial charge on any atom is -0.508 e. The maximum Gasteiger partial charge on any atom is 0.322 e. The number of hydroxylamine groups is 2. The lowest BCUT2D eigenvalue weighted by atomic mass is 9.93. The Labute approximate surface area is 355 Å². The van der Waals surface area contributed by atoms with E-state index in [4.69, 9.17) is 23.5 Å². The van der Waals surface area contributed by atoms with Gasteiger partial charge in [0.25, 0.3) is 0 Å². The number of aromatic hydroxyl groups is 1. The van der Waals surface area contributed by atoms with E-state index in [-0.39, 0.29) is 39.9 Å². The Morgan fingerprint density at radius 1 is 0.952 bits per heavy atom. The van der Waals surface area contributed by atoms with Crippen molar-refractivity contribution in [3.63, 3.8) is 0 Å². The van der Waals surface area contributed by atoms with E-state index in [1.807, 2.05) is 68.5 Å². The van der Waals surface area contributed by atoms with Crippen LogP contribution in [-0.4, -0.2) is 95.5 Å². The number of esters is 1. The van der Waals surface area contributed by atoms with Gasteiger partial charge in [0.2, 0.25) is 12.4 Å². The van der Waals surface area contributed by atoms with Crippen LogP contribution in [0.15, 0.2) is 129 Å². The highest BCUT2D eigenvalue weighted by Crippen LogP contribution is 2.32. The summed E-state index contributed by atoms with van der Waals surface area (Å²) in [5.74, 6) is -3.91. The van der Waals surface area contributed by atoms with Gasteiger partial charge in [0.05, 0.1) is 10.9 Å². The third-order valence-corrected chi connectivity index (χ3v) is 11.2. The normalized spacial score (nSPS) is 22.9. The maximum atomic E-state index is 13.6. The highest BCUT2D eigenvalue weighted by atomic mass is 16.8. The molecule has 0 radical (unpaired) electrons. The molecule has 0 bridgehead atoms. The molecule has 8 rings (SSSR count). The zero-order valence-corrected chi connectivity index (χ0v) is 34.1. The van der Waals surface area contributed by atoms with Gasteiger partial charge in [0.1, 0.15) is 60.5 Å². The summed E-state index contributed by atoms with van der Waals surface area (Å²) in [5.41, 5.74) is 6.70. The van der Waals surface area contributed by atoms with E-state index in [0.717, 1.165) is 33.5 Å². The second-order valence-electron chi connectivity index (χ2n) is 15.6. The highest BCUT2D eigenvalue weighted by Gasteiger charge is 2.52. The Bertz CT molecular complexity index is 2620. The number of aliphatic hydroxyl groups excluding tert-OH is 2. The molecule has 8 atom stereocenters. The second kappa shape index (κ2) is 17.9. The standard InChI is InChI=1S/C47H45N3O12/c1-25-17-26(2)19-30(18-25)40-39-29(15-16-49-39)22-50(40)62-44-43(54)42(53)37(24-59-46(57)38(45(55)56)35(48-3)20-27-7-5-4-6-8-27)61-47(44)60-32-13-14-33-36(21-32)58-23-34(41(33)52)28-9-11-31(51)12-10-28/h4-19,21,23,35,37-38,42-44,47-48,51,53-54H,20,22,24H2,1-3H3,(H,55,56)/p+1. The molecule has 1 aromatic heterocycles. The number of aryl methyl sites for hydroxylation is 2. The number of aliphatic hydroxyl groups is 2. The molecule has 6 N–H and O–H groups in total. The molecular formula is C47H46N3O12+. The summed E-state index contributed by atoms with van der Waals surface area (Å²) in [7, 11) is 1.55. The van der Waals surface area contributed by atoms with Crippen molar-refractivity contribution in [2.75, 3.05) is 20.2 Å². The number of nitrogens with zero attached hydrogens (tertiary/aromatic N) is 1. The van der Waals surface area contributed by atoms with Crippen LogP contribution in [0.1, 0.15) is 22.3 Å². The van der Waals surface area contributed by atoms with Gasteiger partial charge in [-0.15, -0.1) is 0 Å². The zero-order chi connectivity index (χ0) is 43.7. The number of allylic oxidation sites excluding steroid dienone is 1. The van der Waals surface area contributed by atoms with Gasteiger partial charge in [0.15, 0.2) is 17.0 Å². The topological polar surface area (TPSA) is 211 Å². The van der Waals surface area contributed by atoms with Crippen LogP contribution in [0.25, 0.3) is 27.8 Å². The van der Waals surface area contributed by atoms with Crippen LogP contribution in [0.3, 0.4) is 0 Å². The number of phenols is 1. The molecule has 4 heterocycles. The van der Waals surface area contributed by atoms with Crippen molar-refractivity contribution in [3.05, 3.63) is 147 Å². The second-order valence-corrected chi connectivity index (χ2v) is 15.6. The van der Waals surface area contributed by atoms with E-state index in [2.05, 4.69) is 10.3 Å². The van der Waals surface area contributed by atoms with Crippen LogP contribution in [0.4, 0.5) is 0 Å². The molecule has 1 saturated heterocycles. The van der Waals surface area contributed by atoms with Crippen LogP contribution >= 0.6 is 0 Å². The third-order valence-electron chi connectivity index (χ3n) is 11.2. The molecule has 320 valence electrons. The molecule has 15 heteroatoms. The van der Waals surface area contributed by atoms with Gasteiger partial charge in [0, 0.05) is 29.5 Å². The molecule has 0 amide bonds. The summed E-state index contributed by atoms with van der Waals surface area (Å²) in [6, 6.07) is 25.0. The van der Waals surface area contributed by atoms with Crippen LogP contribution in [0.5, 0.6) is 11.5 Å². The van der Waals surface area contributed by atoms with Crippen molar-refractivity contribution in [2.45, 2.75) is 57.0 Å². The van der Waals surface area contributed by atoms with Gasteiger partial charge >= 0.3 is 11.9 Å². The molecule has 8 unspecified atom stereocenters. The van der Waals surface area contributed by atoms with E-state index >= 15 is 0 Å². The van der Waals surface area contributed by atoms with Crippen molar-refractivity contribution in [2.24, 2.45) is 10.9 Å². The van der Waals surface area contributed by atoms with Crippen molar-refractivity contribution in [1.29, 1.82) is 0 Å². The number of fused-ring (bicyclic) bond motifs is 2. The summed E-state index contributed by atoms with van der Waals surface area (Å²) in [6.07, 6.45) is -2.50. The third kappa shape index (κ3) is 8.67. The van der Waals surface area contributed by atoms with Crippen LogP contribution in [0, 0.1) is 19.8 Å². The Hall–Kier alpha value is -6.46. The van der Waals surface area contributed by atoms with Crippen molar-refractivity contribution < 1.29 is 58.5 Å². The molecule has 4 aromatic carbocycles. The number of carboxylic acids is 1. The quantitative estimate of drug-likeness (QED) is 0.0702. The SMILES string of the molecule is CNC(Cc1ccccc1)C(C(=O)O)C(=O)OCC1OC(Oc2ccc3c(=O)c(-c4ccc(O)cc4)coc3c2)C(O[NH+]2CC3=CC=NC3=C2c2cc(C)cc(C)c2)C(O)C1O. The lowest BCUT2D eigenvalue weighted by Gasteiger charge is -2.41. The summed E-state index contributed by atoms with van der Waals surface area (Å²) in [6.45, 7) is 3.65. The Balaban J connectivity index is 1.08. The van der Waals surface area contributed by atoms with Crippen molar-refractivity contribution in [3.8, 4) is 22.6 Å². The summed E-state index contributed by atoms with van der Waals surface area (Å²) in [4.78, 5) is 50.8. The smallest absolute Gasteiger partial charge is 0.322 e. The highest BCUT2D eigenvalue weighted by molar-refractivity contribution is 5.95. The molecule has 0 saturated carbocycles. The van der Waals surface area contributed by atoms with Gasteiger partial charge in [-0.3, -0.25) is 14.4 Å². The monoisotopic (exact) mass is 844 g/mol. The Morgan fingerprint density at radius 2 is 1.69 bits per heavy atom. The number of likely N-dealkylation sites (N-methyl/N-ethyl adjacent to an activating group) is 1. The molecule has 3 aliphatic rings. The van der Waals surface area contributed by atoms with Gasteiger partial charge in [-0.2, -0.15) is 9.90 Å². The molecule has 1 fully saturated rings. The van der Waals surface area contributed by atoms with Gasteiger partial charge < -0.3 is 44.4 Å². The van der Waals surface area contributed by atoms with Crippen molar-refractivity contribution >= 4 is 34.8 Å². The lowest BCUT2D eigenvalue weighted by molar-refractivity contribution is -1.04. The lowest BCUT2D eigenvalue weighted by Crippen LogP contribution is -3.08. The van der Waals surface area contributed by atoms with Crippen LogP contribution in [-0.2, 0) is 30.3 Å². The molecule has 15 nitrogen and oxygen atoms in total. The number of benzene rings is 4. The van der Waals surface area contributed by atoms with E-state index < -0.39 is 61.2 Å². The van der Waals surface area contributed by atoms with Gasteiger partial charge in [-0.25, -0.2) is 4.99 Å². The Kier molecular flexibility index (Phi) is 12.2. The number of hydrogen-bond acceptors (Lipinski definition) is 13. The van der Waals surface area contributed by atoms with Crippen LogP contribution < -0.4 is 20.5 Å². The fourth-order valence-corrected chi connectivity index (χ4v) is 8.17. The number of carbonyl (C=O) groups is 2. The first-order chi connectivity index (χ1) is 29.9. The van der Waals surface area contributed by atoms with E-state index in [0.29, 0.717) is 22.9 Å². The molecule has 3 aliphatic heterocycles. The fourth-order valence-electron chi connectivity index (χ4n) is 8.17. The number of carbonyl (C=O) groups excluding carboxylic acids is 1. The van der Waals surface area contributed by atoms with E-state index in [1.54, 1.807) is 25.4 Å². The molecule has 5 aromatic rings. The van der Waals surface area contributed by atoms with E-state index in [1.165, 1.54) is 36.6 Å². The van der Waals surface area contributed by atoms with Gasteiger partial charge in [-0.1, -0.05) is 59.7 Å². The van der Waals surface area contributed by atoms with Crippen molar-refractivity contribution in [1.82, 2.24) is 5.32 Å². The number of aliphatic carboxylic acids is 1. The fraction of sp³-hybridized carbons (Fsp3) is 0.277. The minimum absolute atomic E-state index is 0.0506. The number of nitrogens with one attached hydrogen (secondary N) is 2. The predicted molar refractivity (Wildman–Crippen MR) is 226 cm³/mol. The summed E-state index contributed by atoms with van der Waals surface area (Å²) < 4.78 is 24.1. The molecular weight excluding hydrogens is 799 g/mol. The number of hydrogen-bond donors (Lipinski definition) is 6. The number of rotatable bonds is 14. The number of quaternary nitrogens is 1. The number of ether oxygens (including phenoxy) is 3. The zero-order valence-electron chi connectivity index (χ0n) is 34.1. The van der Waals surface area contributed by atoms with E-state index in [9.17, 15) is 34.8 Å². The average molecular weight is 845 g/mol. The predicted octanol–water partition coefficient (Wildman–Crippen LogP) is 3.26. The Morgan fingerprint density at radius 3 is 2.40 bits per heavy atom. The number of phenolic OH excluding ortho intramolecular Hbond substituents is 1. The minimum atomic E-state index is -1.69. The largest absolute Gasteiger partial charge is 0.508 e. The maximum absolute atomic E-state index is 13.6. The van der Waals surface area contributed by atoms with Gasteiger partial charge in [-0.05, 0) is 80.9 Å². The number of aliphatic imine (C=N–C) groups is 1. The molecule has 0 aliphatic carbocycles. The first kappa shape index (κ1) is 42.2. The molecule has 0 spiro atoms. The summed E-state index contributed by atoms with van der Waals surface area (Å²) in [5, 5.41) is 46.9. The van der Waals surface area contributed by atoms with Crippen LogP contribution in [0.2, 0.25) is 0 Å². The summed E-state index contributed by atoms with van der Waals surface area (Å²) >= 11 is 0.